The molecule has 2 unspecified atom stereocenters. The summed E-state index contributed by atoms with van der Waals surface area (Å²) >= 11 is 0. The SMILES string of the molecule is CC(C)C(CN)C(O)Cc1ccn(C2CCCCC2)n1. The molecule has 20 heavy (non-hydrogen) atoms. The van der Waals surface area contributed by atoms with Gasteiger partial charge in [0.25, 0.3) is 0 Å². The van der Waals surface area contributed by atoms with Crippen LogP contribution < -0.4 is 5.73 Å². The number of hydrogen-bond donors (Lipinski definition) is 2. The summed E-state index contributed by atoms with van der Waals surface area (Å²) in [6, 6.07) is 2.61. The summed E-state index contributed by atoms with van der Waals surface area (Å²) in [6.45, 7) is 4.75. The van der Waals surface area contributed by atoms with Crippen LogP contribution in [-0.4, -0.2) is 27.5 Å². The maximum atomic E-state index is 10.3. The average molecular weight is 279 g/mol. The van der Waals surface area contributed by atoms with E-state index < -0.39 is 6.10 Å². The molecular formula is C16H29N3O. The van der Waals surface area contributed by atoms with Crippen molar-refractivity contribution < 1.29 is 5.11 Å². The lowest BCUT2D eigenvalue weighted by Gasteiger charge is -2.24. The van der Waals surface area contributed by atoms with Gasteiger partial charge in [-0.3, -0.25) is 4.68 Å². The first-order valence-corrected chi connectivity index (χ1v) is 8.04. The molecule has 3 N–H and O–H groups in total. The van der Waals surface area contributed by atoms with Crippen LogP contribution in [0.15, 0.2) is 12.3 Å². The van der Waals surface area contributed by atoms with Gasteiger partial charge in [-0.05, 0) is 37.3 Å². The van der Waals surface area contributed by atoms with E-state index in [1.54, 1.807) is 0 Å². The Kier molecular flexibility index (Phi) is 5.61. The molecule has 1 fully saturated rings. The van der Waals surface area contributed by atoms with Crippen LogP contribution in [0.3, 0.4) is 0 Å². The molecule has 114 valence electrons. The highest BCUT2D eigenvalue weighted by Gasteiger charge is 2.23. The third-order valence-corrected chi connectivity index (χ3v) is 4.65. The molecule has 0 saturated heterocycles. The zero-order chi connectivity index (χ0) is 14.5. The van der Waals surface area contributed by atoms with Crippen molar-refractivity contribution in [3.05, 3.63) is 18.0 Å². The quantitative estimate of drug-likeness (QED) is 0.841. The molecule has 0 aliphatic heterocycles. The van der Waals surface area contributed by atoms with Gasteiger partial charge < -0.3 is 10.8 Å². The van der Waals surface area contributed by atoms with Crippen LogP contribution in [-0.2, 0) is 6.42 Å². The number of aliphatic hydroxyl groups excluding tert-OH is 1. The smallest absolute Gasteiger partial charge is 0.0650 e. The van der Waals surface area contributed by atoms with Gasteiger partial charge in [-0.15, -0.1) is 0 Å². The highest BCUT2D eigenvalue weighted by Crippen LogP contribution is 2.27. The molecule has 4 nitrogen and oxygen atoms in total. The molecule has 1 saturated carbocycles. The van der Waals surface area contributed by atoms with Gasteiger partial charge in [-0.1, -0.05) is 33.1 Å². The Morgan fingerprint density at radius 2 is 2.05 bits per heavy atom. The maximum absolute atomic E-state index is 10.3. The predicted molar refractivity (Wildman–Crippen MR) is 81.4 cm³/mol. The molecule has 0 spiro atoms. The zero-order valence-electron chi connectivity index (χ0n) is 12.8. The fourth-order valence-corrected chi connectivity index (χ4v) is 3.27. The summed E-state index contributed by atoms with van der Waals surface area (Å²) in [5.74, 6) is 0.547. The lowest BCUT2D eigenvalue weighted by molar-refractivity contribution is 0.0852. The predicted octanol–water partition coefficient (Wildman–Crippen LogP) is 2.52. The summed E-state index contributed by atoms with van der Waals surface area (Å²) in [5.41, 5.74) is 6.75. The fraction of sp³-hybridized carbons (Fsp3) is 0.812. The summed E-state index contributed by atoms with van der Waals surface area (Å²) in [5, 5.41) is 15.0. The average Bonchev–Trinajstić information content (AvgIpc) is 2.88. The molecule has 2 rings (SSSR count). The third-order valence-electron chi connectivity index (χ3n) is 4.65. The Morgan fingerprint density at radius 3 is 2.65 bits per heavy atom. The highest BCUT2D eigenvalue weighted by atomic mass is 16.3. The molecule has 1 aliphatic carbocycles. The maximum Gasteiger partial charge on any atom is 0.0650 e. The summed E-state index contributed by atoms with van der Waals surface area (Å²) < 4.78 is 2.11. The Balaban J connectivity index is 1.94. The number of nitrogens with two attached hydrogens (primary N) is 1. The van der Waals surface area contributed by atoms with Crippen molar-refractivity contribution in [1.82, 2.24) is 9.78 Å². The Hall–Kier alpha value is -0.870. The van der Waals surface area contributed by atoms with E-state index in [1.807, 2.05) is 6.07 Å². The van der Waals surface area contributed by atoms with Crippen LogP contribution in [0.4, 0.5) is 0 Å². The van der Waals surface area contributed by atoms with Crippen LogP contribution >= 0.6 is 0 Å². The summed E-state index contributed by atoms with van der Waals surface area (Å²) in [7, 11) is 0. The molecule has 0 bridgehead atoms. The number of hydrogen-bond acceptors (Lipinski definition) is 3. The molecule has 4 heteroatoms. The second-order valence-electron chi connectivity index (χ2n) is 6.49. The Labute approximate surface area is 122 Å². The van der Waals surface area contributed by atoms with Gasteiger partial charge >= 0.3 is 0 Å². The van der Waals surface area contributed by atoms with E-state index in [1.165, 1.54) is 32.1 Å². The molecule has 2 atom stereocenters. The van der Waals surface area contributed by atoms with Crippen LogP contribution in [0.5, 0.6) is 0 Å². The van der Waals surface area contributed by atoms with Crippen molar-refractivity contribution in [3.8, 4) is 0 Å². The highest BCUT2D eigenvalue weighted by molar-refractivity contribution is 5.02. The molecular weight excluding hydrogens is 250 g/mol. The van der Waals surface area contributed by atoms with Crippen molar-refractivity contribution in [2.45, 2.75) is 64.5 Å². The molecule has 1 heterocycles. The van der Waals surface area contributed by atoms with Gasteiger partial charge in [0, 0.05) is 12.6 Å². The molecule has 1 aromatic heterocycles. The number of aromatic nitrogens is 2. The Morgan fingerprint density at radius 1 is 1.35 bits per heavy atom. The first-order valence-electron chi connectivity index (χ1n) is 8.04. The van der Waals surface area contributed by atoms with Crippen molar-refractivity contribution in [3.63, 3.8) is 0 Å². The minimum absolute atomic E-state index is 0.148. The largest absolute Gasteiger partial charge is 0.392 e. The molecule has 0 radical (unpaired) electrons. The first-order chi connectivity index (χ1) is 9.61. The van der Waals surface area contributed by atoms with Crippen molar-refractivity contribution in [1.29, 1.82) is 0 Å². The standard InChI is InChI=1S/C16H29N3O/c1-12(2)15(11-17)16(20)10-13-8-9-19(18-13)14-6-4-3-5-7-14/h8-9,12,14-16,20H,3-7,10-11,17H2,1-2H3. The number of nitrogens with zero attached hydrogens (tertiary/aromatic N) is 2. The summed E-state index contributed by atoms with van der Waals surface area (Å²) in [4.78, 5) is 0. The lowest BCUT2D eigenvalue weighted by atomic mass is 9.88. The molecule has 0 amide bonds. The van der Waals surface area contributed by atoms with Crippen LogP contribution in [0.1, 0.15) is 57.7 Å². The van der Waals surface area contributed by atoms with Crippen molar-refractivity contribution in [2.75, 3.05) is 6.54 Å². The van der Waals surface area contributed by atoms with Crippen LogP contribution in [0.2, 0.25) is 0 Å². The fourth-order valence-electron chi connectivity index (χ4n) is 3.27. The molecule has 0 aromatic carbocycles. The van der Waals surface area contributed by atoms with E-state index in [4.69, 9.17) is 5.73 Å². The van der Waals surface area contributed by atoms with Gasteiger partial charge in [0.1, 0.15) is 0 Å². The van der Waals surface area contributed by atoms with Gasteiger partial charge in [0.2, 0.25) is 0 Å². The van der Waals surface area contributed by atoms with Gasteiger partial charge in [0.05, 0.1) is 17.8 Å². The van der Waals surface area contributed by atoms with E-state index in [-0.39, 0.29) is 5.92 Å². The van der Waals surface area contributed by atoms with Gasteiger partial charge in [0.15, 0.2) is 0 Å². The van der Waals surface area contributed by atoms with E-state index in [2.05, 4.69) is 29.8 Å². The first kappa shape index (κ1) is 15.5. The van der Waals surface area contributed by atoms with E-state index in [0.717, 1.165) is 5.69 Å². The minimum Gasteiger partial charge on any atom is -0.392 e. The normalized spacial score (nSPS) is 20.2. The summed E-state index contributed by atoms with van der Waals surface area (Å²) in [6.07, 6.45) is 8.74. The minimum atomic E-state index is -0.394. The van der Waals surface area contributed by atoms with E-state index in [9.17, 15) is 5.11 Å². The van der Waals surface area contributed by atoms with Crippen LogP contribution in [0.25, 0.3) is 0 Å². The Bertz CT molecular complexity index is 396. The number of aliphatic hydroxyl groups is 1. The third kappa shape index (κ3) is 3.83. The monoisotopic (exact) mass is 279 g/mol. The number of rotatable bonds is 6. The van der Waals surface area contributed by atoms with Crippen LogP contribution in [0, 0.1) is 11.8 Å². The second-order valence-corrected chi connectivity index (χ2v) is 6.49. The molecule has 1 aromatic rings. The van der Waals surface area contributed by atoms with Gasteiger partial charge in [-0.2, -0.15) is 5.10 Å². The zero-order valence-corrected chi connectivity index (χ0v) is 12.8. The van der Waals surface area contributed by atoms with E-state index >= 15 is 0 Å². The van der Waals surface area contributed by atoms with Gasteiger partial charge in [-0.25, -0.2) is 0 Å². The lowest BCUT2D eigenvalue weighted by Crippen LogP contribution is -2.33. The van der Waals surface area contributed by atoms with Crippen molar-refractivity contribution in [2.24, 2.45) is 17.6 Å². The topological polar surface area (TPSA) is 64.1 Å². The van der Waals surface area contributed by atoms with Crippen molar-refractivity contribution >= 4 is 0 Å². The second kappa shape index (κ2) is 7.23. The van der Waals surface area contributed by atoms with E-state index in [0.29, 0.717) is 24.9 Å². The molecule has 1 aliphatic rings.